The lowest BCUT2D eigenvalue weighted by Crippen LogP contribution is -2.48. The lowest BCUT2D eigenvalue weighted by molar-refractivity contribution is -0.207. The summed E-state index contributed by atoms with van der Waals surface area (Å²) < 4.78 is 70.9. The van der Waals surface area contributed by atoms with E-state index in [1.165, 1.54) is 13.2 Å². The minimum absolute atomic E-state index is 0.129. The number of ether oxygens (including phenoxy) is 2. The fourth-order valence-corrected chi connectivity index (χ4v) is 3.30. The van der Waals surface area contributed by atoms with Crippen LogP contribution in [0.5, 0.6) is 17.2 Å². The molecule has 0 radical (unpaired) electrons. The molecule has 0 saturated heterocycles. The van der Waals surface area contributed by atoms with Crippen molar-refractivity contribution in [1.29, 1.82) is 0 Å². The van der Waals surface area contributed by atoms with E-state index in [2.05, 4.69) is 20.5 Å². The Labute approximate surface area is 190 Å². The summed E-state index contributed by atoms with van der Waals surface area (Å²) in [7, 11) is 1.48. The molecule has 2 aromatic heterocycles. The summed E-state index contributed by atoms with van der Waals surface area (Å²) in [6.07, 6.45) is 2.00. The van der Waals surface area contributed by atoms with E-state index >= 15 is 8.78 Å². The molecule has 0 spiro atoms. The van der Waals surface area contributed by atoms with Gasteiger partial charge >= 0.3 is 5.92 Å². The zero-order valence-corrected chi connectivity index (χ0v) is 17.6. The van der Waals surface area contributed by atoms with Crippen molar-refractivity contribution in [3.63, 3.8) is 0 Å². The molecule has 0 aliphatic heterocycles. The van der Waals surface area contributed by atoms with Gasteiger partial charge in [0.2, 0.25) is 0 Å². The summed E-state index contributed by atoms with van der Waals surface area (Å²) in [6, 6.07) is 10.7. The first-order valence-electron chi connectivity index (χ1n) is 9.78. The Hall–Kier alpha value is -4.06. The summed E-state index contributed by atoms with van der Waals surface area (Å²) in [5.74, 6) is -5.48. The molecule has 4 rings (SSSR count). The summed E-state index contributed by atoms with van der Waals surface area (Å²) in [6.45, 7) is -0.945. The molecule has 1 N–H and O–H groups in total. The lowest BCUT2D eigenvalue weighted by Gasteiger charge is -2.35. The van der Waals surface area contributed by atoms with Gasteiger partial charge in [0.15, 0.2) is 5.60 Å². The third-order valence-electron chi connectivity index (χ3n) is 5.01. The Balaban J connectivity index is 1.69. The van der Waals surface area contributed by atoms with Gasteiger partial charge in [-0.2, -0.15) is 8.78 Å². The Morgan fingerprint density at radius 3 is 2.44 bits per heavy atom. The summed E-state index contributed by atoms with van der Waals surface area (Å²) in [4.78, 5) is 3.73. The average molecular weight is 475 g/mol. The van der Waals surface area contributed by atoms with E-state index < -0.39 is 41.0 Å². The number of methoxy groups -OCH3 is 1. The Morgan fingerprint density at radius 1 is 1.00 bits per heavy atom. The van der Waals surface area contributed by atoms with Gasteiger partial charge in [-0.25, -0.2) is 13.5 Å². The van der Waals surface area contributed by atoms with E-state index in [1.807, 2.05) is 0 Å². The normalized spacial score (nSPS) is 13.4. The van der Waals surface area contributed by atoms with Crippen molar-refractivity contribution in [2.45, 2.75) is 18.1 Å². The molecular formula is C22H17F4N5O3. The van der Waals surface area contributed by atoms with Crippen LogP contribution in [0.4, 0.5) is 17.6 Å². The highest BCUT2D eigenvalue weighted by atomic mass is 19.3. The number of tetrazole rings is 1. The molecule has 34 heavy (non-hydrogen) atoms. The number of benzene rings is 2. The predicted octanol–water partition coefficient (Wildman–Crippen LogP) is 3.83. The van der Waals surface area contributed by atoms with Gasteiger partial charge < -0.3 is 14.6 Å². The van der Waals surface area contributed by atoms with Gasteiger partial charge in [-0.3, -0.25) is 4.98 Å². The van der Waals surface area contributed by atoms with E-state index in [-0.39, 0.29) is 5.75 Å². The minimum atomic E-state index is -4.16. The molecule has 2 heterocycles. The monoisotopic (exact) mass is 475 g/mol. The number of aliphatic hydroxyl groups is 1. The van der Waals surface area contributed by atoms with E-state index in [1.54, 1.807) is 24.3 Å². The van der Waals surface area contributed by atoms with Crippen LogP contribution in [0.15, 0.2) is 67.1 Å². The van der Waals surface area contributed by atoms with Crippen LogP contribution in [0.2, 0.25) is 0 Å². The van der Waals surface area contributed by atoms with E-state index in [0.717, 1.165) is 35.4 Å². The number of nitrogens with zero attached hydrogens (tertiary/aromatic N) is 5. The van der Waals surface area contributed by atoms with Crippen LogP contribution in [-0.4, -0.2) is 37.4 Å². The fourth-order valence-electron chi connectivity index (χ4n) is 3.30. The van der Waals surface area contributed by atoms with Crippen molar-refractivity contribution in [1.82, 2.24) is 25.2 Å². The zero-order chi connectivity index (χ0) is 24.3. The van der Waals surface area contributed by atoms with Crippen LogP contribution < -0.4 is 9.47 Å². The molecule has 4 aromatic rings. The molecule has 1 unspecified atom stereocenters. The molecule has 0 amide bonds. The van der Waals surface area contributed by atoms with Gasteiger partial charge in [0.1, 0.15) is 40.9 Å². The number of alkyl halides is 2. The van der Waals surface area contributed by atoms with Gasteiger partial charge in [0.25, 0.3) is 0 Å². The fraction of sp³-hybridized carbons (Fsp3) is 0.182. The molecular weight excluding hydrogens is 458 g/mol. The predicted molar refractivity (Wildman–Crippen MR) is 109 cm³/mol. The number of rotatable bonds is 8. The summed E-state index contributed by atoms with van der Waals surface area (Å²) >= 11 is 0. The lowest BCUT2D eigenvalue weighted by atomic mass is 9.84. The Kier molecular flexibility index (Phi) is 6.16. The van der Waals surface area contributed by atoms with Crippen LogP contribution in [0.25, 0.3) is 0 Å². The van der Waals surface area contributed by atoms with Crippen molar-refractivity contribution in [2.75, 3.05) is 7.11 Å². The SMILES string of the molecule is COc1cccc(Oc2ccc(C(F)(F)C(O)(Cn3cnnn3)c3ccc(F)cc3F)nc2)c1. The van der Waals surface area contributed by atoms with Crippen molar-refractivity contribution in [3.05, 3.63) is 90.0 Å². The zero-order valence-electron chi connectivity index (χ0n) is 17.6. The first-order chi connectivity index (χ1) is 16.2. The Morgan fingerprint density at radius 2 is 1.79 bits per heavy atom. The smallest absolute Gasteiger partial charge is 0.323 e. The van der Waals surface area contributed by atoms with Crippen molar-refractivity contribution in [2.24, 2.45) is 0 Å². The minimum Gasteiger partial charge on any atom is -0.497 e. The second-order valence-electron chi connectivity index (χ2n) is 7.23. The quantitative estimate of drug-likeness (QED) is 0.387. The van der Waals surface area contributed by atoms with E-state index in [4.69, 9.17) is 9.47 Å². The van der Waals surface area contributed by atoms with Gasteiger partial charge in [-0.1, -0.05) is 6.07 Å². The summed E-state index contributed by atoms with van der Waals surface area (Å²) in [5, 5.41) is 21.3. The molecule has 0 fully saturated rings. The molecule has 2 aromatic carbocycles. The van der Waals surface area contributed by atoms with Crippen LogP contribution in [0.1, 0.15) is 11.3 Å². The van der Waals surface area contributed by atoms with Gasteiger partial charge in [-0.05, 0) is 46.8 Å². The maximum absolute atomic E-state index is 15.7. The first-order valence-corrected chi connectivity index (χ1v) is 9.78. The number of pyridine rings is 1. The van der Waals surface area contributed by atoms with Crippen molar-refractivity contribution >= 4 is 0 Å². The average Bonchev–Trinajstić information content (AvgIpc) is 3.32. The van der Waals surface area contributed by atoms with Crippen LogP contribution in [-0.2, 0) is 18.1 Å². The molecule has 12 heteroatoms. The van der Waals surface area contributed by atoms with Crippen LogP contribution in [0.3, 0.4) is 0 Å². The van der Waals surface area contributed by atoms with E-state index in [9.17, 15) is 13.9 Å². The number of hydrogen-bond donors (Lipinski definition) is 1. The molecule has 176 valence electrons. The highest BCUT2D eigenvalue weighted by Gasteiger charge is 2.58. The first kappa shape index (κ1) is 23.1. The molecule has 0 bridgehead atoms. The third-order valence-corrected chi connectivity index (χ3v) is 5.01. The molecule has 8 nitrogen and oxygen atoms in total. The van der Waals surface area contributed by atoms with E-state index in [0.29, 0.717) is 17.6 Å². The number of halogens is 4. The van der Waals surface area contributed by atoms with Crippen molar-refractivity contribution in [3.8, 4) is 17.2 Å². The van der Waals surface area contributed by atoms with Crippen molar-refractivity contribution < 1.29 is 32.1 Å². The highest BCUT2D eigenvalue weighted by Crippen LogP contribution is 2.47. The number of aromatic nitrogens is 5. The molecule has 0 aliphatic carbocycles. The second-order valence-corrected chi connectivity index (χ2v) is 7.23. The van der Waals surface area contributed by atoms with Crippen LogP contribution >= 0.6 is 0 Å². The standard InChI is InChI=1S/C22H17F4N5O3/c1-33-15-3-2-4-16(10-15)34-17-6-8-20(27-11-17)22(25,26)21(32,12-31-13-28-29-30-31)18-7-5-14(23)9-19(18)24/h2-11,13,32H,12H2,1H3. The van der Waals surface area contributed by atoms with Crippen LogP contribution in [0, 0.1) is 11.6 Å². The summed E-state index contributed by atoms with van der Waals surface area (Å²) in [5.41, 5.74) is -4.96. The van der Waals surface area contributed by atoms with Gasteiger partial charge in [-0.15, -0.1) is 5.10 Å². The molecule has 1 atom stereocenters. The maximum atomic E-state index is 15.7. The number of hydrogen-bond acceptors (Lipinski definition) is 7. The Bertz CT molecular complexity index is 1270. The topological polar surface area (TPSA) is 95.2 Å². The molecule has 0 aliphatic rings. The van der Waals surface area contributed by atoms with Gasteiger partial charge in [0, 0.05) is 17.7 Å². The molecule has 0 saturated carbocycles. The third kappa shape index (κ3) is 4.39. The van der Waals surface area contributed by atoms with Gasteiger partial charge in [0.05, 0.1) is 19.9 Å². The second kappa shape index (κ2) is 9.06. The largest absolute Gasteiger partial charge is 0.497 e. The maximum Gasteiger partial charge on any atom is 0.323 e. The highest BCUT2D eigenvalue weighted by molar-refractivity contribution is 5.37.